The Hall–Kier alpha value is -3.88. The van der Waals surface area contributed by atoms with Crippen LogP contribution >= 0.6 is 23.2 Å². The zero-order valence-electron chi connectivity index (χ0n) is 17.0. The number of carbonyl (C=O) groups is 3. The molecule has 33 heavy (non-hydrogen) atoms. The molecule has 0 atom stereocenters. The molecule has 0 spiro atoms. The number of amides is 3. The van der Waals surface area contributed by atoms with E-state index >= 15 is 0 Å². The number of hydrogen-bond acceptors (Lipinski definition) is 5. The van der Waals surface area contributed by atoms with E-state index in [1.807, 2.05) is 0 Å². The molecule has 0 aromatic heterocycles. The van der Waals surface area contributed by atoms with Crippen molar-refractivity contribution in [3.63, 3.8) is 0 Å². The molecule has 3 aromatic carbocycles. The second kappa shape index (κ2) is 11.7. The predicted octanol–water partition coefficient (Wildman–Crippen LogP) is 4.10. The molecule has 0 saturated carbocycles. The number of benzene rings is 3. The van der Waals surface area contributed by atoms with Crippen molar-refractivity contribution in [1.82, 2.24) is 5.43 Å². The third-order valence-electron chi connectivity index (χ3n) is 4.04. The Kier molecular flexibility index (Phi) is 8.40. The predicted molar refractivity (Wildman–Crippen MR) is 128 cm³/mol. The van der Waals surface area contributed by atoms with Gasteiger partial charge >= 0.3 is 11.8 Å². The van der Waals surface area contributed by atoms with Crippen molar-refractivity contribution in [2.24, 2.45) is 5.10 Å². The lowest BCUT2D eigenvalue weighted by Crippen LogP contribution is -2.32. The standard InChI is InChI=1S/C23H18Cl2N4O4/c24-16-6-4-7-17(12-16)27-21(30)14-33-18-8-3-5-15(11-18)13-26-29-23(32)22(31)28-20-10-2-1-9-19(20)25/h1-13H,14H2,(H,27,30)(H,28,31)(H,29,32)/b26-13-. The Morgan fingerprint density at radius 1 is 0.879 bits per heavy atom. The first-order chi connectivity index (χ1) is 15.9. The van der Waals surface area contributed by atoms with Crippen LogP contribution in [0, 0.1) is 0 Å². The molecular formula is C23H18Cl2N4O4. The number of halogens is 2. The monoisotopic (exact) mass is 484 g/mol. The van der Waals surface area contributed by atoms with Crippen LogP contribution in [0.15, 0.2) is 77.9 Å². The van der Waals surface area contributed by atoms with Gasteiger partial charge in [-0.2, -0.15) is 5.10 Å². The van der Waals surface area contributed by atoms with E-state index in [0.29, 0.717) is 32.7 Å². The Balaban J connectivity index is 1.48. The third kappa shape index (κ3) is 7.64. The highest BCUT2D eigenvalue weighted by molar-refractivity contribution is 6.41. The second-order valence-corrected chi connectivity index (χ2v) is 7.40. The smallest absolute Gasteiger partial charge is 0.329 e. The molecule has 0 bridgehead atoms. The van der Waals surface area contributed by atoms with Crippen molar-refractivity contribution in [1.29, 1.82) is 0 Å². The van der Waals surface area contributed by atoms with Crippen LogP contribution in [0.25, 0.3) is 0 Å². The highest BCUT2D eigenvalue weighted by atomic mass is 35.5. The number of hydrazone groups is 1. The number of para-hydroxylation sites is 1. The highest BCUT2D eigenvalue weighted by Crippen LogP contribution is 2.20. The number of anilines is 2. The van der Waals surface area contributed by atoms with Crippen LogP contribution in [0.3, 0.4) is 0 Å². The summed E-state index contributed by atoms with van der Waals surface area (Å²) < 4.78 is 5.48. The maximum Gasteiger partial charge on any atom is 0.329 e. The maximum absolute atomic E-state index is 12.0. The first kappa shape index (κ1) is 23.8. The summed E-state index contributed by atoms with van der Waals surface area (Å²) >= 11 is 11.8. The van der Waals surface area contributed by atoms with E-state index in [0.717, 1.165) is 0 Å². The summed E-state index contributed by atoms with van der Waals surface area (Å²) in [7, 11) is 0. The van der Waals surface area contributed by atoms with Crippen molar-refractivity contribution in [2.45, 2.75) is 0 Å². The molecule has 0 unspecified atom stereocenters. The Labute approximate surface area is 199 Å². The summed E-state index contributed by atoms with van der Waals surface area (Å²) in [6.45, 7) is -0.216. The normalized spacial score (nSPS) is 10.5. The average Bonchev–Trinajstić information content (AvgIpc) is 2.79. The number of hydrogen-bond donors (Lipinski definition) is 3. The number of nitrogens with one attached hydrogen (secondary N) is 3. The second-order valence-electron chi connectivity index (χ2n) is 6.55. The molecule has 168 valence electrons. The van der Waals surface area contributed by atoms with Gasteiger partial charge in [0, 0.05) is 10.7 Å². The Morgan fingerprint density at radius 2 is 1.67 bits per heavy atom. The van der Waals surface area contributed by atoms with Gasteiger partial charge < -0.3 is 15.4 Å². The van der Waals surface area contributed by atoms with Gasteiger partial charge in [-0.05, 0) is 48.0 Å². The average molecular weight is 485 g/mol. The maximum atomic E-state index is 12.0. The van der Waals surface area contributed by atoms with Gasteiger partial charge in [0.25, 0.3) is 5.91 Å². The molecule has 3 aromatic rings. The molecular weight excluding hydrogens is 467 g/mol. The lowest BCUT2D eigenvalue weighted by molar-refractivity contribution is -0.136. The summed E-state index contributed by atoms with van der Waals surface area (Å²) in [5, 5.41) is 9.65. The summed E-state index contributed by atoms with van der Waals surface area (Å²) in [5.41, 5.74) is 3.58. The topological polar surface area (TPSA) is 109 Å². The first-order valence-electron chi connectivity index (χ1n) is 9.58. The largest absolute Gasteiger partial charge is 0.484 e. The molecule has 0 aliphatic carbocycles. The molecule has 0 fully saturated rings. The summed E-state index contributed by atoms with van der Waals surface area (Å²) in [4.78, 5) is 35.9. The molecule has 0 saturated heterocycles. The van der Waals surface area contributed by atoms with E-state index in [-0.39, 0.29) is 12.5 Å². The van der Waals surface area contributed by atoms with Gasteiger partial charge in [0.15, 0.2) is 6.61 Å². The fraction of sp³-hybridized carbons (Fsp3) is 0.0435. The molecule has 0 aliphatic rings. The molecule has 0 heterocycles. The first-order valence-corrected chi connectivity index (χ1v) is 10.3. The van der Waals surface area contributed by atoms with E-state index in [4.69, 9.17) is 27.9 Å². The zero-order valence-corrected chi connectivity index (χ0v) is 18.6. The van der Waals surface area contributed by atoms with Crippen LogP contribution in [0.1, 0.15) is 5.56 Å². The van der Waals surface area contributed by atoms with Crippen LogP contribution < -0.4 is 20.8 Å². The van der Waals surface area contributed by atoms with Crippen LogP contribution in [0.4, 0.5) is 11.4 Å². The van der Waals surface area contributed by atoms with Gasteiger partial charge in [-0.1, -0.05) is 53.5 Å². The van der Waals surface area contributed by atoms with Crippen molar-refractivity contribution in [2.75, 3.05) is 17.2 Å². The molecule has 8 nitrogen and oxygen atoms in total. The summed E-state index contributed by atoms with van der Waals surface area (Å²) in [6.07, 6.45) is 1.33. The minimum atomic E-state index is -0.962. The van der Waals surface area contributed by atoms with E-state index in [9.17, 15) is 14.4 Å². The molecule has 0 radical (unpaired) electrons. The van der Waals surface area contributed by atoms with Crippen molar-refractivity contribution >= 4 is 58.5 Å². The number of nitrogens with zero attached hydrogens (tertiary/aromatic N) is 1. The fourth-order valence-corrected chi connectivity index (χ4v) is 2.93. The van der Waals surface area contributed by atoms with Crippen LogP contribution in [-0.4, -0.2) is 30.5 Å². The number of rotatable bonds is 7. The van der Waals surface area contributed by atoms with Gasteiger partial charge in [0.2, 0.25) is 0 Å². The van der Waals surface area contributed by atoms with Gasteiger partial charge in [0.1, 0.15) is 5.75 Å². The summed E-state index contributed by atoms with van der Waals surface area (Å²) in [5.74, 6) is -1.81. The third-order valence-corrected chi connectivity index (χ3v) is 4.61. The zero-order chi connectivity index (χ0) is 23.6. The Morgan fingerprint density at radius 3 is 2.45 bits per heavy atom. The summed E-state index contributed by atoms with van der Waals surface area (Å²) in [6, 6.07) is 20.0. The minimum absolute atomic E-state index is 0.216. The molecule has 3 rings (SSSR count). The van der Waals surface area contributed by atoms with Crippen molar-refractivity contribution in [3.05, 3.63) is 88.4 Å². The van der Waals surface area contributed by atoms with Gasteiger partial charge in [-0.25, -0.2) is 5.43 Å². The van der Waals surface area contributed by atoms with Crippen LogP contribution in [-0.2, 0) is 14.4 Å². The number of carbonyl (C=O) groups excluding carboxylic acids is 3. The van der Waals surface area contributed by atoms with E-state index in [1.165, 1.54) is 6.21 Å². The lowest BCUT2D eigenvalue weighted by atomic mass is 10.2. The van der Waals surface area contributed by atoms with Gasteiger partial charge in [-0.3, -0.25) is 14.4 Å². The molecule has 10 heteroatoms. The van der Waals surface area contributed by atoms with E-state index in [2.05, 4.69) is 21.2 Å². The van der Waals surface area contributed by atoms with E-state index in [1.54, 1.807) is 72.8 Å². The molecule has 0 aliphatic heterocycles. The van der Waals surface area contributed by atoms with Gasteiger partial charge in [0.05, 0.1) is 16.9 Å². The Bertz CT molecular complexity index is 1200. The quantitative estimate of drug-likeness (QED) is 0.266. The van der Waals surface area contributed by atoms with Crippen molar-refractivity contribution < 1.29 is 19.1 Å². The molecule has 3 N–H and O–H groups in total. The lowest BCUT2D eigenvalue weighted by Gasteiger charge is -2.08. The number of ether oxygens (including phenoxy) is 1. The highest BCUT2D eigenvalue weighted by Gasteiger charge is 2.14. The van der Waals surface area contributed by atoms with Crippen LogP contribution in [0.5, 0.6) is 5.75 Å². The van der Waals surface area contributed by atoms with Crippen molar-refractivity contribution in [3.8, 4) is 5.75 Å². The van der Waals surface area contributed by atoms with Gasteiger partial charge in [-0.15, -0.1) is 0 Å². The molecule has 3 amide bonds. The fourth-order valence-electron chi connectivity index (χ4n) is 2.55. The minimum Gasteiger partial charge on any atom is -0.484 e. The van der Waals surface area contributed by atoms with Crippen LogP contribution in [0.2, 0.25) is 10.0 Å². The van der Waals surface area contributed by atoms with E-state index < -0.39 is 11.8 Å². The SMILES string of the molecule is O=C(COc1cccc(/C=N\NC(=O)C(=O)Nc2ccccc2Cl)c1)Nc1cccc(Cl)c1.